The van der Waals surface area contributed by atoms with Gasteiger partial charge in [0, 0.05) is 6.54 Å². The largest absolute Gasteiger partial charge is 0.480 e. The normalized spacial score (nSPS) is 11.4. The first-order valence-corrected chi connectivity index (χ1v) is 5.21. The highest BCUT2D eigenvalue weighted by atomic mass is 19.4. The van der Waals surface area contributed by atoms with E-state index in [1.807, 2.05) is 0 Å². The molecule has 1 rings (SSSR count). The summed E-state index contributed by atoms with van der Waals surface area (Å²) in [4.78, 5) is 22.7. The van der Waals surface area contributed by atoms with E-state index in [-0.39, 0.29) is 12.2 Å². The predicted molar refractivity (Wildman–Crippen MR) is 55.3 cm³/mol. The average Bonchev–Trinajstić information content (AvgIpc) is 2.71. The van der Waals surface area contributed by atoms with Crippen LogP contribution in [0.2, 0.25) is 0 Å². The van der Waals surface area contributed by atoms with Crippen molar-refractivity contribution < 1.29 is 27.9 Å². The summed E-state index contributed by atoms with van der Waals surface area (Å²) in [7, 11) is 0. The summed E-state index contributed by atoms with van der Waals surface area (Å²) in [6.07, 6.45) is -3.52. The quantitative estimate of drug-likeness (QED) is 0.842. The number of amides is 1. The van der Waals surface area contributed by atoms with Gasteiger partial charge in [0.25, 0.3) is 5.91 Å². The Hall–Kier alpha value is -2.13. The second-order valence-electron chi connectivity index (χ2n) is 3.63. The van der Waals surface area contributed by atoms with Gasteiger partial charge >= 0.3 is 12.1 Å². The summed E-state index contributed by atoms with van der Waals surface area (Å²) in [5.74, 6) is -2.15. The molecule has 19 heavy (non-hydrogen) atoms. The summed E-state index contributed by atoms with van der Waals surface area (Å²) in [5, 5.41) is 15.2. The second kappa shape index (κ2) is 5.67. The minimum absolute atomic E-state index is 0.149. The van der Waals surface area contributed by atoms with Crippen molar-refractivity contribution in [3.8, 4) is 0 Å². The van der Waals surface area contributed by atoms with Crippen molar-refractivity contribution in [3.63, 3.8) is 0 Å². The number of halogens is 3. The van der Waals surface area contributed by atoms with Crippen LogP contribution in [0.4, 0.5) is 13.2 Å². The maximum Gasteiger partial charge on any atom is 0.406 e. The van der Waals surface area contributed by atoms with E-state index in [2.05, 4.69) is 10.3 Å². The molecule has 1 N–H and O–H groups in total. The Morgan fingerprint density at radius 1 is 1.47 bits per heavy atom. The molecule has 0 aromatic carbocycles. The fraction of sp³-hybridized carbons (Fsp3) is 0.556. The molecule has 0 bridgehead atoms. The van der Waals surface area contributed by atoms with Crippen molar-refractivity contribution in [2.75, 3.05) is 13.1 Å². The van der Waals surface area contributed by atoms with Crippen LogP contribution >= 0.6 is 0 Å². The molecular formula is C9H11F3N4O3. The SMILES string of the molecule is CCN(CC(F)(F)F)C(=O)c1cn(CC(=O)O)nn1. The van der Waals surface area contributed by atoms with E-state index in [0.717, 1.165) is 10.9 Å². The fourth-order valence-electron chi connectivity index (χ4n) is 1.32. The van der Waals surface area contributed by atoms with E-state index in [9.17, 15) is 22.8 Å². The number of carbonyl (C=O) groups excluding carboxylic acids is 1. The number of hydrogen-bond acceptors (Lipinski definition) is 4. The molecule has 0 spiro atoms. The summed E-state index contributed by atoms with van der Waals surface area (Å²) in [6, 6.07) is 0. The van der Waals surface area contributed by atoms with Gasteiger partial charge in [-0.15, -0.1) is 5.10 Å². The number of carboxylic acid groups (broad SMARTS) is 1. The lowest BCUT2D eigenvalue weighted by Gasteiger charge is -2.20. The summed E-state index contributed by atoms with van der Waals surface area (Å²) in [6.45, 7) is -0.671. The first kappa shape index (κ1) is 14.9. The van der Waals surface area contributed by atoms with Crippen molar-refractivity contribution in [1.82, 2.24) is 19.9 Å². The molecule has 1 heterocycles. The lowest BCUT2D eigenvalue weighted by atomic mass is 10.3. The number of carbonyl (C=O) groups is 2. The predicted octanol–water partition coefficient (Wildman–Crippen LogP) is 0.387. The van der Waals surface area contributed by atoms with E-state index in [4.69, 9.17) is 5.11 Å². The van der Waals surface area contributed by atoms with Crippen LogP contribution in [0, 0.1) is 0 Å². The number of carboxylic acids is 1. The van der Waals surface area contributed by atoms with Gasteiger partial charge in [0.15, 0.2) is 5.69 Å². The van der Waals surface area contributed by atoms with E-state index in [0.29, 0.717) is 4.90 Å². The van der Waals surface area contributed by atoms with Crippen LogP contribution in [0.1, 0.15) is 17.4 Å². The Morgan fingerprint density at radius 2 is 2.11 bits per heavy atom. The van der Waals surface area contributed by atoms with Gasteiger partial charge in [0.05, 0.1) is 6.20 Å². The molecule has 10 heteroatoms. The maximum atomic E-state index is 12.2. The first-order chi connectivity index (χ1) is 8.73. The minimum atomic E-state index is -4.51. The number of hydrogen-bond donors (Lipinski definition) is 1. The van der Waals surface area contributed by atoms with Crippen LogP contribution in [0.15, 0.2) is 6.20 Å². The van der Waals surface area contributed by atoms with Crippen LogP contribution in [-0.2, 0) is 11.3 Å². The Bertz CT molecular complexity index is 472. The van der Waals surface area contributed by atoms with Crippen LogP contribution < -0.4 is 0 Å². The molecule has 1 amide bonds. The standard InChI is InChI=1S/C9H11F3N4O3/c1-2-15(5-9(10,11)12)8(19)6-3-16(14-13-6)4-7(17)18/h3H,2,4-5H2,1H3,(H,17,18). The van der Waals surface area contributed by atoms with Crippen molar-refractivity contribution in [2.24, 2.45) is 0 Å². The summed E-state index contributed by atoms with van der Waals surface area (Å²) in [5.41, 5.74) is -0.327. The van der Waals surface area contributed by atoms with Crippen LogP contribution in [-0.4, -0.2) is 56.1 Å². The monoisotopic (exact) mass is 280 g/mol. The maximum absolute atomic E-state index is 12.2. The molecule has 0 aliphatic rings. The fourth-order valence-corrected chi connectivity index (χ4v) is 1.32. The van der Waals surface area contributed by atoms with Gasteiger partial charge in [-0.3, -0.25) is 9.59 Å². The highest BCUT2D eigenvalue weighted by Crippen LogP contribution is 2.17. The molecule has 1 aromatic rings. The zero-order valence-electron chi connectivity index (χ0n) is 9.89. The highest BCUT2D eigenvalue weighted by Gasteiger charge is 2.33. The molecule has 0 fully saturated rings. The molecule has 0 atom stereocenters. The van der Waals surface area contributed by atoms with Crippen molar-refractivity contribution in [2.45, 2.75) is 19.6 Å². The van der Waals surface area contributed by atoms with Gasteiger partial charge < -0.3 is 10.0 Å². The molecule has 0 aliphatic heterocycles. The molecule has 0 aliphatic carbocycles. The van der Waals surface area contributed by atoms with Crippen LogP contribution in [0.5, 0.6) is 0 Å². The number of aromatic nitrogens is 3. The third-order valence-electron chi connectivity index (χ3n) is 2.09. The molecule has 0 radical (unpaired) electrons. The van der Waals surface area contributed by atoms with Crippen molar-refractivity contribution in [1.29, 1.82) is 0 Å². The van der Waals surface area contributed by atoms with Gasteiger partial charge in [0.2, 0.25) is 0 Å². The number of nitrogens with zero attached hydrogens (tertiary/aromatic N) is 4. The van der Waals surface area contributed by atoms with Crippen molar-refractivity contribution in [3.05, 3.63) is 11.9 Å². The molecule has 1 aromatic heterocycles. The second-order valence-corrected chi connectivity index (χ2v) is 3.63. The van der Waals surface area contributed by atoms with Gasteiger partial charge in [-0.1, -0.05) is 5.21 Å². The van der Waals surface area contributed by atoms with E-state index >= 15 is 0 Å². The minimum Gasteiger partial charge on any atom is -0.480 e. The third-order valence-corrected chi connectivity index (χ3v) is 2.09. The molecular weight excluding hydrogens is 269 g/mol. The van der Waals surface area contributed by atoms with Crippen LogP contribution in [0.25, 0.3) is 0 Å². The van der Waals surface area contributed by atoms with Gasteiger partial charge in [0.1, 0.15) is 13.1 Å². The molecule has 0 saturated heterocycles. The van der Waals surface area contributed by atoms with Crippen molar-refractivity contribution >= 4 is 11.9 Å². The topological polar surface area (TPSA) is 88.3 Å². The number of alkyl halides is 3. The van der Waals surface area contributed by atoms with Gasteiger partial charge in [-0.05, 0) is 6.92 Å². The highest BCUT2D eigenvalue weighted by molar-refractivity contribution is 5.92. The Labute approximate surface area is 105 Å². The van der Waals surface area contributed by atoms with Gasteiger partial charge in [-0.2, -0.15) is 13.2 Å². The summed E-state index contributed by atoms with van der Waals surface area (Å²) >= 11 is 0. The van der Waals surface area contributed by atoms with Gasteiger partial charge in [-0.25, -0.2) is 4.68 Å². The van der Waals surface area contributed by atoms with Crippen LogP contribution in [0.3, 0.4) is 0 Å². The molecule has 7 nitrogen and oxygen atoms in total. The lowest BCUT2D eigenvalue weighted by Crippen LogP contribution is -2.39. The zero-order chi connectivity index (χ0) is 14.6. The molecule has 106 valence electrons. The Morgan fingerprint density at radius 3 is 2.58 bits per heavy atom. The Balaban J connectivity index is 2.80. The van der Waals surface area contributed by atoms with E-state index in [1.54, 1.807) is 0 Å². The first-order valence-electron chi connectivity index (χ1n) is 5.21. The summed E-state index contributed by atoms with van der Waals surface area (Å²) < 4.78 is 37.6. The number of aliphatic carboxylic acids is 1. The van der Waals surface area contributed by atoms with E-state index < -0.39 is 31.1 Å². The number of rotatable bonds is 5. The molecule has 0 unspecified atom stereocenters. The smallest absolute Gasteiger partial charge is 0.406 e. The Kier molecular flexibility index (Phi) is 4.46. The average molecular weight is 280 g/mol. The molecule has 0 saturated carbocycles. The third kappa shape index (κ3) is 4.56. The zero-order valence-corrected chi connectivity index (χ0v) is 9.89. The van der Waals surface area contributed by atoms with E-state index in [1.165, 1.54) is 6.92 Å². The lowest BCUT2D eigenvalue weighted by molar-refractivity contribution is -0.140.